The minimum Gasteiger partial charge on any atom is -0.496 e. The number of hydrogen-bond donors (Lipinski definition) is 1. The Bertz CT molecular complexity index is 1050. The van der Waals surface area contributed by atoms with Crippen LogP contribution in [0.5, 0.6) is 17.2 Å². The summed E-state index contributed by atoms with van der Waals surface area (Å²) in [5.41, 5.74) is 2.75. The predicted octanol–water partition coefficient (Wildman–Crippen LogP) is 3.65. The number of rotatable bonds is 8. The summed E-state index contributed by atoms with van der Waals surface area (Å²) in [6, 6.07) is 11.5. The van der Waals surface area contributed by atoms with Crippen molar-refractivity contribution in [1.82, 2.24) is 20.1 Å². The van der Waals surface area contributed by atoms with Gasteiger partial charge in [-0.25, -0.2) is 9.67 Å². The maximum atomic E-state index is 12.8. The molecule has 0 aliphatic heterocycles. The number of aryl methyl sites for hydroxylation is 1. The molecule has 3 aromatic rings. The molecule has 1 heterocycles. The van der Waals surface area contributed by atoms with Crippen LogP contribution in [-0.4, -0.2) is 42.0 Å². The van der Waals surface area contributed by atoms with Crippen LogP contribution < -0.4 is 19.5 Å². The second kappa shape index (κ2) is 9.51. The smallest absolute Gasteiger partial charge is 0.291 e. The van der Waals surface area contributed by atoms with Gasteiger partial charge in [-0.15, -0.1) is 5.10 Å². The summed E-state index contributed by atoms with van der Waals surface area (Å²) in [7, 11) is 4.67. The van der Waals surface area contributed by atoms with Crippen LogP contribution >= 0.6 is 0 Å². The van der Waals surface area contributed by atoms with Crippen molar-refractivity contribution < 1.29 is 19.0 Å². The SMILES string of the molecule is COc1cc(OC)c(CNC(=O)c2nc(C)n(-c3ccccc3C(C)C)n2)c(OC)c1. The average Bonchev–Trinajstić information content (AvgIpc) is 3.18. The largest absolute Gasteiger partial charge is 0.496 e. The highest BCUT2D eigenvalue weighted by Crippen LogP contribution is 2.34. The molecule has 8 heteroatoms. The minimum absolute atomic E-state index is 0.0995. The molecule has 2 aromatic carbocycles. The van der Waals surface area contributed by atoms with E-state index in [0.29, 0.717) is 34.6 Å². The lowest BCUT2D eigenvalue weighted by molar-refractivity contribution is 0.0940. The van der Waals surface area contributed by atoms with Crippen LogP contribution in [0.25, 0.3) is 5.69 Å². The van der Waals surface area contributed by atoms with Gasteiger partial charge in [0.15, 0.2) is 0 Å². The highest BCUT2D eigenvalue weighted by atomic mass is 16.5. The molecule has 0 atom stereocenters. The molecule has 0 spiro atoms. The molecule has 3 rings (SSSR count). The highest BCUT2D eigenvalue weighted by Gasteiger charge is 2.19. The maximum absolute atomic E-state index is 12.8. The summed E-state index contributed by atoms with van der Waals surface area (Å²) < 4.78 is 17.8. The summed E-state index contributed by atoms with van der Waals surface area (Å²) in [6.45, 7) is 6.25. The van der Waals surface area contributed by atoms with Crippen LogP contribution in [-0.2, 0) is 6.54 Å². The summed E-state index contributed by atoms with van der Waals surface area (Å²) in [6.07, 6.45) is 0. The molecule has 0 aliphatic carbocycles. The lowest BCUT2D eigenvalue weighted by Crippen LogP contribution is -2.25. The Morgan fingerprint density at radius 3 is 2.29 bits per heavy atom. The number of nitrogens with zero attached hydrogens (tertiary/aromatic N) is 3. The van der Waals surface area contributed by atoms with E-state index >= 15 is 0 Å². The van der Waals surface area contributed by atoms with Gasteiger partial charge in [0.1, 0.15) is 23.1 Å². The second-order valence-electron chi connectivity index (χ2n) is 7.30. The average molecular weight is 425 g/mol. The van der Waals surface area contributed by atoms with Crippen LogP contribution in [0.2, 0.25) is 0 Å². The van der Waals surface area contributed by atoms with Gasteiger partial charge in [0.25, 0.3) is 5.91 Å². The molecule has 31 heavy (non-hydrogen) atoms. The fraction of sp³-hybridized carbons (Fsp3) is 0.348. The van der Waals surface area contributed by atoms with Crippen molar-refractivity contribution in [3.63, 3.8) is 0 Å². The number of aromatic nitrogens is 3. The van der Waals surface area contributed by atoms with Crippen LogP contribution in [0.15, 0.2) is 36.4 Å². The third-order valence-electron chi connectivity index (χ3n) is 5.00. The number of ether oxygens (including phenoxy) is 3. The number of carbonyl (C=O) groups is 1. The zero-order chi connectivity index (χ0) is 22.5. The summed E-state index contributed by atoms with van der Waals surface area (Å²) >= 11 is 0. The van der Waals surface area contributed by atoms with Gasteiger partial charge in [0.05, 0.1) is 39.1 Å². The van der Waals surface area contributed by atoms with Gasteiger partial charge in [0.2, 0.25) is 5.82 Å². The molecule has 8 nitrogen and oxygen atoms in total. The minimum atomic E-state index is -0.385. The first-order chi connectivity index (χ1) is 14.9. The molecule has 0 bridgehead atoms. The van der Waals surface area contributed by atoms with Crippen molar-refractivity contribution in [2.75, 3.05) is 21.3 Å². The first-order valence-corrected chi connectivity index (χ1v) is 9.99. The van der Waals surface area contributed by atoms with E-state index in [4.69, 9.17) is 14.2 Å². The molecule has 1 amide bonds. The number of carbonyl (C=O) groups excluding carboxylic acids is 1. The second-order valence-corrected chi connectivity index (χ2v) is 7.30. The Hall–Kier alpha value is -3.55. The molecule has 1 N–H and O–H groups in total. The third-order valence-corrected chi connectivity index (χ3v) is 5.00. The highest BCUT2D eigenvalue weighted by molar-refractivity contribution is 5.90. The molecular formula is C23H28N4O4. The molecule has 164 valence electrons. The van der Waals surface area contributed by atoms with Crippen molar-refractivity contribution >= 4 is 5.91 Å². The number of para-hydroxylation sites is 1. The van der Waals surface area contributed by atoms with E-state index in [9.17, 15) is 4.79 Å². The Balaban J connectivity index is 1.85. The number of amides is 1. The number of methoxy groups -OCH3 is 3. The third kappa shape index (κ3) is 4.63. The van der Waals surface area contributed by atoms with Gasteiger partial charge in [-0.2, -0.15) is 0 Å². The monoisotopic (exact) mass is 424 g/mol. The molecule has 1 aromatic heterocycles. The van der Waals surface area contributed by atoms with Crippen molar-refractivity contribution in [2.45, 2.75) is 33.2 Å². The van der Waals surface area contributed by atoms with Crippen LogP contribution in [0.3, 0.4) is 0 Å². The number of benzene rings is 2. The van der Waals surface area contributed by atoms with Crippen LogP contribution in [0.1, 0.15) is 47.3 Å². The van der Waals surface area contributed by atoms with Gasteiger partial charge in [-0.1, -0.05) is 32.0 Å². The Kier molecular flexibility index (Phi) is 6.79. The number of nitrogens with one attached hydrogen (secondary N) is 1. The topological polar surface area (TPSA) is 87.5 Å². The van der Waals surface area contributed by atoms with Crippen molar-refractivity contribution in [3.05, 3.63) is 59.2 Å². The molecule has 0 radical (unpaired) electrons. The molecule has 0 aliphatic rings. The van der Waals surface area contributed by atoms with Crippen molar-refractivity contribution in [1.29, 1.82) is 0 Å². The van der Waals surface area contributed by atoms with Crippen LogP contribution in [0, 0.1) is 6.92 Å². The first-order valence-electron chi connectivity index (χ1n) is 9.99. The Morgan fingerprint density at radius 2 is 1.71 bits per heavy atom. The Morgan fingerprint density at radius 1 is 1.06 bits per heavy atom. The first kappa shape index (κ1) is 22.1. The van der Waals surface area contributed by atoms with Gasteiger partial charge in [0, 0.05) is 12.1 Å². The molecular weight excluding hydrogens is 396 g/mol. The summed E-state index contributed by atoms with van der Waals surface area (Å²) in [5, 5.41) is 7.31. The van der Waals surface area contributed by atoms with E-state index in [-0.39, 0.29) is 18.3 Å². The zero-order valence-corrected chi connectivity index (χ0v) is 18.7. The standard InChI is InChI=1S/C23H28N4O4/c1-14(2)17-9-7-8-10-19(17)27-15(3)25-22(26-27)23(28)24-13-18-20(30-5)11-16(29-4)12-21(18)31-6/h7-12,14H,13H2,1-6H3,(H,24,28). The molecule has 0 saturated carbocycles. The van der Waals surface area contributed by atoms with Crippen molar-refractivity contribution in [3.8, 4) is 22.9 Å². The van der Waals surface area contributed by atoms with Gasteiger partial charge < -0.3 is 19.5 Å². The van der Waals surface area contributed by atoms with Crippen molar-refractivity contribution in [2.24, 2.45) is 0 Å². The fourth-order valence-corrected chi connectivity index (χ4v) is 3.38. The molecule has 0 fully saturated rings. The maximum Gasteiger partial charge on any atom is 0.291 e. The summed E-state index contributed by atoms with van der Waals surface area (Å²) in [5.74, 6) is 2.37. The van der Waals surface area contributed by atoms with E-state index < -0.39 is 0 Å². The van der Waals surface area contributed by atoms with Crippen LogP contribution in [0.4, 0.5) is 0 Å². The molecule has 0 saturated heterocycles. The lowest BCUT2D eigenvalue weighted by Gasteiger charge is -2.15. The zero-order valence-electron chi connectivity index (χ0n) is 18.7. The molecule has 0 unspecified atom stereocenters. The van der Waals surface area contributed by atoms with Gasteiger partial charge in [-0.3, -0.25) is 4.79 Å². The Labute approximate surface area is 182 Å². The van der Waals surface area contributed by atoms with Gasteiger partial charge >= 0.3 is 0 Å². The summed E-state index contributed by atoms with van der Waals surface area (Å²) in [4.78, 5) is 17.2. The van der Waals surface area contributed by atoms with E-state index in [1.54, 1.807) is 38.1 Å². The van der Waals surface area contributed by atoms with E-state index in [2.05, 4.69) is 35.3 Å². The normalized spacial score (nSPS) is 10.8. The van der Waals surface area contributed by atoms with Gasteiger partial charge in [-0.05, 0) is 24.5 Å². The fourth-order valence-electron chi connectivity index (χ4n) is 3.38. The quantitative estimate of drug-likeness (QED) is 0.594. The van der Waals surface area contributed by atoms with E-state index in [1.165, 1.54) is 0 Å². The lowest BCUT2D eigenvalue weighted by atomic mass is 10.0. The number of hydrogen-bond acceptors (Lipinski definition) is 6. The van der Waals surface area contributed by atoms with E-state index in [1.807, 2.05) is 25.1 Å². The van der Waals surface area contributed by atoms with E-state index in [0.717, 1.165) is 11.3 Å². The predicted molar refractivity (Wildman–Crippen MR) is 117 cm³/mol.